The van der Waals surface area contributed by atoms with E-state index < -0.39 is 0 Å². The lowest BCUT2D eigenvalue weighted by atomic mass is 9.87. The molecule has 4 heteroatoms. The molecule has 2 aromatic rings. The number of hydrogen-bond acceptors (Lipinski definition) is 2. The fourth-order valence-electron chi connectivity index (χ4n) is 3.33. The molecular formula is C22H29N3O. The molecule has 0 saturated carbocycles. The molecule has 3 rings (SSSR count). The number of anilines is 3. The van der Waals surface area contributed by atoms with Crippen molar-refractivity contribution >= 4 is 23.1 Å². The van der Waals surface area contributed by atoms with Crippen LogP contribution in [0.25, 0.3) is 0 Å². The molecule has 1 aliphatic heterocycles. The van der Waals surface area contributed by atoms with Crippen molar-refractivity contribution in [3.63, 3.8) is 0 Å². The van der Waals surface area contributed by atoms with Gasteiger partial charge in [-0.15, -0.1) is 0 Å². The van der Waals surface area contributed by atoms with Gasteiger partial charge in [-0.25, -0.2) is 4.79 Å². The van der Waals surface area contributed by atoms with Gasteiger partial charge in [-0.1, -0.05) is 45.0 Å². The second kappa shape index (κ2) is 7.81. The molecule has 138 valence electrons. The van der Waals surface area contributed by atoms with E-state index >= 15 is 0 Å². The van der Waals surface area contributed by atoms with Crippen molar-refractivity contribution in [1.82, 2.24) is 0 Å². The molecule has 0 atom stereocenters. The van der Waals surface area contributed by atoms with E-state index in [4.69, 9.17) is 0 Å². The second-order valence-corrected chi connectivity index (χ2v) is 7.97. The summed E-state index contributed by atoms with van der Waals surface area (Å²) >= 11 is 0. The van der Waals surface area contributed by atoms with Crippen LogP contribution in [0.5, 0.6) is 0 Å². The Morgan fingerprint density at radius 3 is 2.19 bits per heavy atom. The smallest absolute Gasteiger partial charge is 0.323 e. The zero-order valence-electron chi connectivity index (χ0n) is 16.0. The molecule has 0 radical (unpaired) electrons. The highest BCUT2D eigenvalue weighted by Crippen LogP contribution is 2.28. The van der Waals surface area contributed by atoms with Crippen molar-refractivity contribution in [3.05, 3.63) is 54.1 Å². The summed E-state index contributed by atoms with van der Waals surface area (Å²) in [6, 6.07) is 15.9. The summed E-state index contributed by atoms with van der Waals surface area (Å²) in [6.07, 6.45) is 3.71. The van der Waals surface area contributed by atoms with Gasteiger partial charge in [0.1, 0.15) is 0 Å². The number of para-hydroxylation sites is 2. The van der Waals surface area contributed by atoms with Crippen LogP contribution in [0.15, 0.2) is 48.5 Å². The predicted molar refractivity (Wildman–Crippen MR) is 110 cm³/mol. The standard InChI is InChI=1S/C22H29N3O/c1-22(2,3)17-11-13-18(14-12-17)23-21(26)24-19-9-5-6-10-20(19)25-15-7-4-8-16-25/h5-6,9-14H,4,7-8,15-16H2,1-3H3,(H2,23,24,26). The zero-order valence-corrected chi connectivity index (χ0v) is 16.0. The molecule has 0 aliphatic carbocycles. The number of amides is 2. The van der Waals surface area contributed by atoms with Gasteiger partial charge in [0.05, 0.1) is 11.4 Å². The summed E-state index contributed by atoms with van der Waals surface area (Å²) in [5, 5.41) is 5.94. The highest BCUT2D eigenvalue weighted by Gasteiger charge is 2.16. The Bertz CT molecular complexity index is 741. The lowest BCUT2D eigenvalue weighted by Gasteiger charge is -2.30. The average Bonchev–Trinajstić information content (AvgIpc) is 2.62. The summed E-state index contributed by atoms with van der Waals surface area (Å²) < 4.78 is 0. The van der Waals surface area contributed by atoms with Gasteiger partial charge >= 0.3 is 6.03 Å². The van der Waals surface area contributed by atoms with Crippen LogP contribution < -0.4 is 15.5 Å². The monoisotopic (exact) mass is 351 g/mol. The maximum atomic E-state index is 12.5. The van der Waals surface area contributed by atoms with Gasteiger partial charge in [0.15, 0.2) is 0 Å². The van der Waals surface area contributed by atoms with Gasteiger partial charge in [0.2, 0.25) is 0 Å². The first kappa shape index (κ1) is 18.3. The number of hydrogen-bond donors (Lipinski definition) is 2. The third-order valence-corrected chi connectivity index (χ3v) is 4.86. The predicted octanol–water partition coefficient (Wildman–Crippen LogP) is 5.62. The van der Waals surface area contributed by atoms with Crippen molar-refractivity contribution in [3.8, 4) is 0 Å². The van der Waals surface area contributed by atoms with Gasteiger partial charge in [0, 0.05) is 18.8 Å². The van der Waals surface area contributed by atoms with E-state index in [1.54, 1.807) is 0 Å². The maximum absolute atomic E-state index is 12.5. The lowest BCUT2D eigenvalue weighted by molar-refractivity contribution is 0.262. The van der Waals surface area contributed by atoms with E-state index in [0.29, 0.717) is 0 Å². The van der Waals surface area contributed by atoms with E-state index in [1.165, 1.54) is 24.8 Å². The lowest BCUT2D eigenvalue weighted by Crippen LogP contribution is -2.30. The quantitative estimate of drug-likeness (QED) is 0.754. The van der Waals surface area contributed by atoms with Gasteiger partial charge in [-0.2, -0.15) is 0 Å². The minimum absolute atomic E-state index is 0.105. The molecule has 0 unspecified atom stereocenters. The van der Waals surface area contributed by atoms with Gasteiger partial charge in [-0.3, -0.25) is 0 Å². The Labute approximate surface area is 156 Å². The van der Waals surface area contributed by atoms with Crippen molar-refractivity contribution in [1.29, 1.82) is 0 Å². The highest BCUT2D eigenvalue weighted by atomic mass is 16.2. The van der Waals surface area contributed by atoms with Crippen LogP contribution in [0.3, 0.4) is 0 Å². The molecule has 1 saturated heterocycles. The first-order chi connectivity index (χ1) is 12.4. The Hall–Kier alpha value is -2.49. The largest absolute Gasteiger partial charge is 0.370 e. The van der Waals surface area contributed by atoms with Crippen molar-refractivity contribution in [2.24, 2.45) is 0 Å². The Balaban J connectivity index is 1.67. The topological polar surface area (TPSA) is 44.4 Å². The summed E-state index contributed by atoms with van der Waals surface area (Å²) in [6.45, 7) is 8.64. The van der Waals surface area contributed by atoms with Crippen LogP contribution in [-0.2, 0) is 5.41 Å². The molecular weight excluding hydrogens is 322 g/mol. The number of urea groups is 1. The van der Waals surface area contributed by atoms with E-state index in [0.717, 1.165) is 30.2 Å². The molecule has 1 aliphatic rings. The SMILES string of the molecule is CC(C)(C)c1ccc(NC(=O)Nc2ccccc2N2CCCCC2)cc1. The molecule has 26 heavy (non-hydrogen) atoms. The van der Waals surface area contributed by atoms with Crippen molar-refractivity contribution in [2.45, 2.75) is 45.4 Å². The maximum Gasteiger partial charge on any atom is 0.323 e. The van der Waals surface area contributed by atoms with Crippen LogP contribution in [-0.4, -0.2) is 19.1 Å². The normalized spacial score (nSPS) is 14.8. The number of carbonyl (C=O) groups excluding carboxylic acids is 1. The van der Waals surface area contributed by atoms with E-state index in [-0.39, 0.29) is 11.4 Å². The molecule has 2 aromatic carbocycles. The molecule has 0 bridgehead atoms. The Morgan fingerprint density at radius 1 is 0.885 bits per heavy atom. The third kappa shape index (κ3) is 4.57. The molecule has 1 heterocycles. The molecule has 0 aromatic heterocycles. The summed E-state index contributed by atoms with van der Waals surface area (Å²) in [7, 11) is 0. The van der Waals surface area contributed by atoms with Crippen LogP contribution >= 0.6 is 0 Å². The third-order valence-electron chi connectivity index (χ3n) is 4.86. The van der Waals surface area contributed by atoms with Crippen LogP contribution in [0.4, 0.5) is 21.9 Å². The van der Waals surface area contributed by atoms with E-state index in [9.17, 15) is 4.79 Å². The summed E-state index contributed by atoms with van der Waals surface area (Å²) in [4.78, 5) is 14.8. The van der Waals surface area contributed by atoms with Gasteiger partial charge in [-0.05, 0) is 54.5 Å². The number of piperidine rings is 1. The summed E-state index contributed by atoms with van der Waals surface area (Å²) in [5.74, 6) is 0. The van der Waals surface area contributed by atoms with Crippen LogP contribution in [0.1, 0.15) is 45.6 Å². The molecule has 4 nitrogen and oxygen atoms in total. The molecule has 2 amide bonds. The van der Waals surface area contributed by atoms with Crippen LogP contribution in [0, 0.1) is 0 Å². The number of nitrogens with one attached hydrogen (secondary N) is 2. The average molecular weight is 351 g/mol. The molecule has 0 spiro atoms. The van der Waals surface area contributed by atoms with Crippen molar-refractivity contribution in [2.75, 3.05) is 28.6 Å². The first-order valence-corrected chi connectivity index (χ1v) is 9.46. The van der Waals surface area contributed by atoms with Crippen LogP contribution in [0.2, 0.25) is 0 Å². The number of benzene rings is 2. The Morgan fingerprint density at radius 2 is 1.54 bits per heavy atom. The highest BCUT2D eigenvalue weighted by molar-refractivity contribution is 6.01. The minimum Gasteiger partial charge on any atom is -0.370 e. The zero-order chi connectivity index (χ0) is 18.6. The van der Waals surface area contributed by atoms with Crippen molar-refractivity contribution < 1.29 is 4.79 Å². The van der Waals surface area contributed by atoms with Gasteiger partial charge < -0.3 is 15.5 Å². The number of nitrogens with zero attached hydrogens (tertiary/aromatic N) is 1. The molecule has 2 N–H and O–H groups in total. The number of rotatable bonds is 3. The van der Waals surface area contributed by atoms with E-state index in [2.05, 4.69) is 54.5 Å². The second-order valence-electron chi connectivity index (χ2n) is 7.97. The fourth-order valence-corrected chi connectivity index (χ4v) is 3.33. The van der Waals surface area contributed by atoms with E-state index in [1.807, 2.05) is 30.3 Å². The van der Waals surface area contributed by atoms with Gasteiger partial charge in [0.25, 0.3) is 0 Å². The summed E-state index contributed by atoms with van der Waals surface area (Å²) in [5.41, 5.74) is 4.11. The number of carbonyl (C=O) groups is 1. The Kier molecular flexibility index (Phi) is 5.50. The molecule has 1 fully saturated rings. The first-order valence-electron chi connectivity index (χ1n) is 9.46. The fraction of sp³-hybridized carbons (Fsp3) is 0.409. The minimum atomic E-state index is -0.210.